The number of rotatable bonds is 9. The van der Waals surface area contributed by atoms with Gasteiger partial charge in [-0.05, 0) is 61.0 Å². The van der Waals surface area contributed by atoms with Crippen LogP contribution in [-0.4, -0.2) is 32.9 Å². The molecule has 1 aromatic heterocycles. The summed E-state index contributed by atoms with van der Waals surface area (Å²) in [6.07, 6.45) is 1.46. The predicted octanol–water partition coefficient (Wildman–Crippen LogP) is 3.57. The van der Waals surface area contributed by atoms with Crippen molar-refractivity contribution in [3.05, 3.63) is 83.6 Å². The summed E-state index contributed by atoms with van der Waals surface area (Å²) >= 11 is 0. The Labute approximate surface area is 180 Å². The van der Waals surface area contributed by atoms with E-state index in [2.05, 4.69) is 4.72 Å². The summed E-state index contributed by atoms with van der Waals surface area (Å²) in [7, 11) is -2.37. The lowest BCUT2D eigenvalue weighted by molar-refractivity contribution is 0.0752. The summed E-state index contributed by atoms with van der Waals surface area (Å²) in [6.45, 7) is 2.45. The van der Waals surface area contributed by atoms with Crippen molar-refractivity contribution in [3.63, 3.8) is 0 Å². The smallest absolute Gasteiger partial charge is 0.254 e. The Hall–Kier alpha value is -3.17. The molecule has 0 atom stereocenters. The van der Waals surface area contributed by atoms with Crippen LogP contribution < -0.4 is 9.46 Å². The number of nitrogens with zero attached hydrogens (tertiary/aromatic N) is 1. The number of amides is 1. The number of methoxy groups -OCH3 is 1. The molecule has 0 radical (unpaired) electrons. The number of hydrogen-bond acceptors (Lipinski definition) is 5. The van der Waals surface area contributed by atoms with Gasteiger partial charge in [-0.3, -0.25) is 4.79 Å². The lowest BCUT2D eigenvalue weighted by Crippen LogP contribution is -2.30. The van der Waals surface area contributed by atoms with E-state index in [1.165, 1.54) is 49.8 Å². The second-order valence-electron chi connectivity index (χ2n) is 6.72. The summed E-state index contributed by atoms with van der Waals surface area (Å²) < 4.78 is 51.3. The van der Waals surface area contributed by atoms with Crippen molar-refractivity contribution in [2.45, 2.75) is 24.9 Å². The van der Waals surface area contributed by atoms with Crippen molar-refractivity contribution in [1.82, 2.24) is 9.62 Å². The molecule has 0 aliphatic carbocycles. The lowest BCUT2D eigenvalue weighted by atomic mass is 10.1. The summed E-state index contributed by atoms with van der Waals surface area (Å²) in [6, 6.07) is 13.5. The minimum absolute atomic E-state index is 0.0258. The number of carbonyl (C=O) groups excluding carboxylic acids is 1. The van der Waals surface area contributed by atoms with Gasteiger partial charge in [-0.25, -0.2) is 17.5 Å². The van der Waals surface area contributed by atoms with E-state index in [0.717, 1.165) is 0 Å². The number of hydrogen-bond donors (Lipinski definition) is 1. The average molecular weight is 447 g/mol. The van der Waals surface area contributed by atoms with E-state index in [0.29, 0.717) is 23.4 Å². The molecule has 3 aromatic rings. The van der Waals surface area contributed by atoms with Crippen LogP contribution in [-0.2, 0) is 23.1 Å². The first-order valence-electron chi connectivity index (χ1n) is 9.58. The van der Waals surface area contributed by atoms with Crippen molar-refractivity contribution >= 4 is 15.9 Å². The van der Waals surface area contributed by atoms with Crippen LogP contribution in [0.2, 0.25) is 0 Å². The molecule has 31 heavy (non-hydrogen) atoms. The van der Waals surface area contributed by atoms with E-state index < -0.39 is 15.8 Å². The van der Waals surface area contributed by atoms with Crippen molar-refractivity contribution < 1.29 is 26.8 Å². The van der Waals surface area contributed by atoms with Gasteiger partial charge in [-0.15, -0.1) is 0 Å². The highest BCUT2D eigenvalue weighted by Crippen LogP contribution is 2.20. The number of ether oxygens (including phenoxy) is 1. The monoisotopic (exact) mass is 446 g/mol. The molecule has 0 saturated heterocycles. The second-order valence-corrected chi connectivity index (χ2v) is 8.48. The van der Waals surface area contributed by atoms with Gasteiger partial charge in [0, 0.05) is 18.7 Å². The quantitative estimate of drug-likeness (QED) is 0.543. The summed E-state index contributed by atoms with van der Waals surface area (Å²) in [4.78, 5) is 14.4. The molecule has 164 valence electrons. The molecule has 0 spiro atoms. The number of halogens is 1. The van der Waals surface area contributed by atoms with E-state index in [4.69, 9.17) is 9.15 Å². The maximum absolute atomic E-state index is 13.9. The Kier molecular flexibility index (Phi) is 7.09. The summed E-state index contributed by atoms with van der Waals surface area (Å²) in [5, 5.41) is 0. The fourth-order valence-corrected chi connectivity index (χ4v) is 3.97. The molecular weight excluding hydrogens is 423 g/mol. The van der Waals surface area contributed by atoms with E-state index in [-0.39, 0.29) is 29.6 Å². The number of nitrogens with one attached hydrogen (secondary N) is 1. The van der Waals surface area contributed by atoms with Gasteiger partial charge in [0.15, 0.2) is 11.6 Å². The first-order chi connectivity index (χ1) is 14.8. The third-order valence-corrected chi connectivity index (χ3v) is 6.10. The van der Waals surface area contributed by atoms with Crippen LogP contribution in [0.15, 0.2) is 70.2 Å². The second kappa shape index (κ2) is 9.76. The molecule has 0 unspecified atom stereocenters. The first-order valence-corrected chi connectivity index (χ1v) is 11.1. The van der Waals surface area contributed by atoms with Crippen LogP contribution in [0.3, 0.4) is 0 Å². The van der Waals surface area contributed by atoms with Crippen LogP contribution in [0.5, 0.6) is 5.75 Å². The fraction of sp³-hybridized carbons (Fsp3) is 0.227. The maximum Gasteiger partial charge on any atom is 0.254 e. The van der Waals surface area contributed by atoms with Crippen LogP contribution in [0.25, 0.3) is 0 Å². The Morgan fingerprint density at radius 3 is 2.48 bits per heavy atom. The Morgan fingerprint density at radius 1 is 1.16 bits per heavy atom. The normalized spacial score (nSPS) is 11.3. The summed E-state index contributed by atoms with van der Waals surface area (Å²) in [5.74, 6) is -0.161. The molecule has 3 rings (SSSR count). The number of sulfonamides is 1. The highest BCUT2D eigenvalue weighted by Gasteiger charge is 2.18. The number of benzene rings is 2. The largest absolute Gasteiger partial charge is 0.494 e. The van der Waals surface area contributed by atoms with Gasteiger partial charge in [0.25, 0.3) is 5.91 Å². The fourth-order valence-electron chi connectivity index (χ4n) is 2.98. The van der Waals surface area contributed by atoms with Crippen molar-refractivity contribution in [1.29, 1.82) is 0 Å². The molecule has 0 aliphatic heterocycles. The van der Waals surface area contributed by atoms with E-state index in [1.807, 2.05) is 6.92 Å². The minimum atomic E-state index is -3.75. The zero-order valence-corrected chi connectivity index (χ0v) is 18.0. The zero-order valence-electron chi connectivity index (χ0n) is 17.2. The molecule has 0 fully saturated rings. The average Bonchev–Trinajstić information content (AvgIpc) is 3.30. The molecule has 9 heteroatoms. The third kappa shape index (κ3) is 5.50. The molecule has 1 amide bonds. The third-order valence-electron chi connectivity index (χ3n) is 4.69. The number of carbonyl (C=O) groups is 1. The SMILES string of the molecule is CCN(Cc1ccc(OC)c(F)c1)C(=O)c1ccc(S(=O)(=O)NCc2ccco2)cc1. The van der Waals surface area contributed by atoms with Crippen LogP contribution in [0.4, 0.5) is 4.39 Å². The van der Waals surface area contributed by atoms with Crippen molar-refractivity contribution in [3.8, 4) is 5.75 Å². The maximum atomic E-state index is 13.9. The van der Waals surface area contributed by atoms with Gasteiger partial charge < -0.3 is 14.1 Å². The van der Waals surface area contributed by atoms with Crippen LogP contribution in [0, 0.1) is 5.82 Å². The van der Waals surface area contributed by atoms with E-state index >= 15 is 0 Å². The topological polar surface area (TPSA) is 88.8 Å². The highest BCUT2D eigenvalue weighted by molar-refractivity contribution is 7.89. The van der Waals surface area contributed by atoms with Crippen molar-refractivity contribution in [2.75, 3.05) is 13.7 Å². The standard InChI is InChI=1S/C22H23FN2O5S/c1-3-25(15-16-6-11-21(29-2)20(23)13-16)22(26)17-7-9-19(10-8-17)31(27,28)24-14-18-5-4-12-30-18/h4-13,24H,3,14-15H2,1-2H3. The Balaban J connectivity index is 1.69. The molecule has 0 aliphatic rings. The molecule has 0 bridgehead atoms. The van der Waals surface area contributed by atoms with Gasteiger partial charge in [0.1, 0.15) is 5.76 Å². The van der Waals surface area contributed by atoms with Gasteiger partial charge >= 0.3 is 0 Å². The molecule has 0 saturated carbocycles. The molecule has 1 heterocycles. The van der Waals surface area contributed by atoms with E-state index in [9.17, 15) is 17.6 Å². The van der Waals surface area contributed by atoms with Crippen molar-refractivity contribution in [2.24, 2.45) is 0 Å². The van der Waals surface area contributed by atoms with Crippen LogP contribution in [0.1, 0.15) is 28.6 Å². The van der Waals surface area contributed by atoms with Gasteiger partial charge in [-0.2, -0.15) is 0 Å². The van der Waals surface area contributed by atoms with Gasteiger partial charge in [-0.1, -0.05) is 6.07 Å². The molecule has 2 aromatic carbocycles. The molecule has 7 nitrogen and oxygen atoms in total. The Morgan fingerprint density at radius 2 is 1.90 bits per heavy atom. The predicted molar refractivity (Wildman–Crippen MR) is 113 cm³/mol. The highest BCUT2D eigenvalue weighted by atomic mass is 32.2. The molecule has 1 N–H and O–H groups in total. The van der Waals surface area contributed by atoms with Gasteiger partial charge in [0.2, 0.25) is 10.0 Å². The lowest BCUT2D eigenvalue weighted by Gasteiger charge is -2.21. The minimum Gasteiger partial charge on any atom is -0.494 e. The summed E-state index contributed by atoms with van der Waals surface area (Å²) in [5.41, 5.74) is 0.954. The van der Waals surface area contributed by atoms with Gasteiger partial charge in [0.05, 0.1) is 24.8 Å². The van der Waals surface area contributed by atoms with Crippen LogP contribution >= 0.6 is 0 Å². The number of furan rings is 1. The first kappa shape index (κ1) is 22.5. The Bertz CT molecular complexity index is 1130. The van der Waals surface area contributed by atoms with E-state index in [1.54, 1.807) is 23.1 Å². The molecular formula is C22H23FN2O5S. The zero-order chi connectivity index (χ0) is 22.4.